The second-order valence-corrected chi connectivity index (χ2v) is 20.0. The van der Waals surface area contributed by atoms with Crippen molar-refractivity contribution in [3.05, 3.63) is 24.3 Å². The van der Waals surface area contributed by atoms with Crippen molar-refractivity contribution in [3.63, 3.8) is 0 Å². The van der Waals surface area contributed by atoms with Crippen LogP contribution >= 0.6 is 7.82 Å². The van der Waals surface area contributed by atoms with Crippen molar-refractivity contribution in [1.82, 2.24) is 0 Å². The minimum Gasteiger partial charge on any atom is -0.756 e. The second-order valence-electron chi connectivity index (χ2n) is 18.6. The van der Waals surface area contributed by atoms with E-state index in [9.17, 15) is 19.0 Å². The number of allylic oxidation sites excluding steroid dienone is 3. The van der Waals surface area contributed by atoms with Crippen molar-refractivity contribution in [2.45, 2.75) is 238 Å². The molecule has 11 heteroatoms. The Morgan fingerprint density at radius 3 is 1.61 bits per heavy atom. The van der Waals surface area contributed by atoms with E-state index in [1.807, 2.05) is 21.1 Å². The molecule has 1 saturated heterocycles. The topological polar surface area (TPSA) is 124 Å². The van der Waals surface area contributed by atoms with Crippen molar-refractivity contribution in [3.8, 4) is 0 Å². The fourth-order valence-corrected chi connectivity index (χ4v) is 8.03. The number of carbonyl (C=O) groups is 2. The van der Waals surface area contributed by atoms with Crippen molar-refractivity contribution in [2.24, 2.45) is 0 Å². The minimum atomic E-state index is -4.64. The van der Waals surface area contributed by atoms with Gasteiger partial charge >= 0.3 is 11.9 Å². The summed E-state index contributed by atoms with van der Waals surface area (Å²) in [4.78, 5) is 37.7. The molecule has 0 aromatic rings. The van der Waals surface area contributed by atoms with E-state index in [4.69, 9.17) is 23.3 Å². The molecule has 0 bridgehead atoms. The third-order valence-electron chi connectivity index (χ3n) is 11.4. The first kappa shape index (κ1) is 57.5. The number of hydrogen-bond acceptors (Lipinski definition) is 9. The Morgan fingerprint density at radius 2 is 1.05 bits per heavy atom. The number of hydrogen-bond donors (Lipinski definition) is 0. The zero-order valence-electron chi connectivity index (χ0n) is 40.1. The molecule has 1 rings (SSSR count). The maximum absolute atomic E-state index is 12.7. The summed E-state index contributed by atoms with van der Waals surface area (Å²) in [6.45, 7) is 4.19. The molecule has 61 heavy (non-hydrogen) atoms. The van der Waals surface area contributed by atoms with Crippen LogP contribution in [0.3, 0.4) is 0 Å². The molecule has 10 nitrogen and oxygen atoms in total. The lowest BCUT2D eigenvalue weighted by atomic mass is 10.0. The summed E-state index contributed by atoms with van der Waals surface area (Å²) in [5, 5.41) is 0. The fourth-order valence-electron chi connectivity index (χ4n) is 7.30. The first-order valence-corrected chi connectivity index (χ1v) is 26.6. The van der Waals surface area contributed by atoms with Gasteiger partial charge in [-0.1, -0.05) is 167 Å². The summed E-state index contributed by atoms with van der Waals surface area (Å²) in [7, 11) is 1.15. The first-order valence-electron chi connectivity index (χ1n) is 25.2. The normalized spacial score (nSPS) is 17.0. The Hall–Kier alpha value is -1.55. The number of esters is 2. The number of ether oxygens (including phenoxy) is 3. The van der Waals surface area contributed by atoms with Crippen molar-refractivity contribution < 1.29 is 46.8 Å². The molecule has 1 fully saturated rings. The molecule has 0 spiro atoms. The molecule has 0 aromatic carbocycles. The molecule has 1 heterocycles. The lowest BCUT2D eigenvalue weighted by molar-refractivity contribution is -0.870. The van der Waals surface area contributed by atoms with Gasteiger partial charge in [-0.3, -0.25) is 14.2 Å². The molecule has 4 atom stereocenters. The van der Waals surface area contributed by atoms with E-state index in [2.05, 4.69) is 38.2 Å². The fraction of sp³-hybridized carbons (Fsp3) is 0.880. The predicted octanol–water partition coefficient (Wildman–Crippen LogP) is 13.1. The third kappa shape index (κ3) is 39.8. The Bertz CT molecular complexity index is 1160. The van der Waals surface area contributed by atoms with Gasteiger partial charge in [0.1, 0.15) is 19.8 Å². The van der Waals surface area contributed by atoms with Gasteiger partial charge in [-0.2, -0.15) is 0 Å². The Labute approximate surface area is 374 Å². The number of rotatable bonds is 45. The smallest absolute Gasteiger partial charge is 0.306 e. The molecule has 3 unspecified atom stereocenters. The molecule has 0 amide bonds. The first-order chi connectivity index (χ1) is 29.5. The zero-order chi connectivity index (χ0) is 44.7. The molecular weight excluding hydrogens is 790 g/mol. The lowest BCUT2D eigenvalue weighted by Crippen LogP contribution is -2.37. The van der Waals surface area contributed by atoms with Crippen LogP contribution in [0.5, 0.6) is 0 Å². The summed E-state index contributed by atoms with van der Waals surface area (Å²) in [5.74, 6) is -0.851. The van der Waals surface area contributed by atoms with Crippen LogP contribution in [0.2, 0.25) is 0 Å². The van der Waals surface area contributed by atoms with E-state index in [1.165, 1.54) is 122 Å². The Kier molecular flexibility index (Phi) is 36.6. The van der Waals surface area contributed by atoms with Gasteiger partial charge in [0, 0.05) is 12.8 Å². The number of nitrogens with zero attached hydrogens (tertiary/aromatic N) is 1. The minimum absolute atomic E-state index is 0.0355. The van der Waals surface area contributed by atoms with Gasteiger partial charge in [0.15, 0.2) is 6.10 Å². The van der Waals surface area contributed by atoms with Crippen LogP contribution in [0.15, 0.2) is 24.3 Å². The highest BCUT2D eigenvalue weighted by molar-refractivity contribution is 7.45. The molecule has 0 saturated carbocycles. The number of likely N-dealkylation sites (N-methyl/N-ethyl adjacent to an activating group) is 1. The van der Waals surface area contributed by atoms with E-state index in [0.29, 0.717) is 29.7 Å². The van der Waals surface area contributed by atoms with Crippen LogP contribution in [-0.4, -0.2) is 82.2 Å². The van der Waals surface area contributed by atoms with Crippen LogP contribution in [-0.2, 0) is 37.4 Å². The Morgan fingerprint density at radius 1 is 0.590 bits per heavy atom. The van der Waals surface area contributed by atoms with Crippen LogP contribution in [0.4, 0.5) is 0 Å². The lowest BCUT2D eigenvalue weighted by Gasteiger charge is -2.28. The van der Waals surface area contributed by atoms with Crippen LogP contribution in [0.1, 0.15) is 219 Å². The van der Waals surface area contributed by atoms with Gasteiger partial charge < -0.3 is 32.6 Å². The monoisotopic (exact) mass is 884 g/mol. The summed E-state index contributed by atoms with van der Waals surface area (Å²) in [6.07, 6.45) is 45.1. The van der Waals surface area contributed by atoms with E-state index in [0.717, 1.165) is 64.2 Å². The number of epoxide rings is 1. The summed E-state index contributed by atoms with van der Waals surface area (Å²) < 4.78 is 39.8. The number of phosphoric ester groups is 1. The van der Waals surface area contributed by atoms with Gasteiger partial charge in [0.2, 0.25) is 0 Å². The molecule has 0 radical (unpaired) electrons. The van der Waals surface area contributed by atoms with Crippen molar-refractivity contribution in [1.29, 1.82) is 0 Å². The molecule has 1 aliphatic heterocycles. The average molecular weight is 884 g/mol. The molecule has 0 aromatic heterocycles. The van der Waals surface area contributed by atoms with E-state index < -0.39 is 26.5 Å². The molecule has 1 aliphatic rings. The average Bonchev–Trinajstić information content (AvgIpc) is 3.97. The van der Waals surface area contributed by atoms with Gasteiger partial charge in [-0.25, -0.2) is 0 Å². The van der Waals surface area contributed by atoms with E-state index >= 15 is 0 Å². The SMILES string of the molecule is CCCCC/C=C\CC1OC1CCCCCCCC(=O)O[C@H](COC(=O)CCCCCCCCCCCCC/C=C\CCCCCCCC)COP(=O)([O-])OCC[N+](C)(C)C. The van der Waals surface area contributed by atoms with E-state index in [1.54, 1.807) is 0 Å². The molecule has 358 valence electrons. The number of quaternary nitrogens is 1. The largest absolute Gasteiger partial charge is 0.756 e. The quantitative estimate of drug-likeness (QED) is 0.0147. The number of carbonyl (C=O) groups excluding carboxylic acids is 2. The van der Waals surface area contributed by atoms with Gasteiger partial charge in [0.25, 0.3) is 7.82 Å². The number of unbranched alkanes of at least 4 members (excludes halogenated alkanes) is 24. The molecular formula is C50H94NO9P. The summed E-state index contributed by atoms with van der Waals surface area (Å²) in [5.41, 5.74) is 0. The van der Waals surface area contributed by atoms with Gasteiger partial charge in [0.05, 0.1) is 40.0 Å². The molecule has 0 N–H and O–H groups in total. The standard InChI is InChI=1S/C50H94NO9P/c1-6-8-10-12-14-15-16-17-18-19-20-21-22-23-24-25-26-27-28-32-36-40-49(52)56-44-46(45-58-61(54,55)57-43-42-51(3,4)5)59-50(53)41-37-33-29-31-35-39-48-47(60-48)38-34-30-13-11-9-7-2/h17-18,30,34,46-48H,6-16,19-29,31-33,35-45H2,1-5H3/b18-17-,34-30-/t46-,47?,48?/m1/s1. The summed E-state index contributed by atoms with van der Waals surface area (Å²) in [6, 6.07) is 0. The zero-order valence-corrected chi connectivity index (χ0v) is 41.0. The summed E-state index contributed by atoms with van der Waals surface area (Å²) >= 11 is 0. The van der Waals surface area contributed by atoms with E-state index in [-0.39, 0.29) is 32.0 Å². The second kappa shape index (κ2) is 38.9. The number of phosphoric acid groups is 1. The highest BCUT2D eigenvalue weighted by Crippen LogP contribution is 2.38. The van der Waals surface area contributed by atoms with Crippen LogP contribution in [0, 0.1) is 0 Å². The maximum Gasteiger partial charge on any atom is 0.306 e. The predicted molar refractivity (Wildman–Crippen MR) is 249 cm³/mol. The van der Waals surface area contributed by atoms with Crippen molar-refractivity contribution >= 4 is 19.8 Å². The highest BCUT2D eigenvalue weighted by Gasteiger charge is 2.36. The van der Waals surface area contributed by atoms with Gasteiger partial charge in [-0.05, 0) is 64.2 Å². The molecule has 0 aliphatic carbocycles. The van der Waals surface area contributed by atoms with Crippen molar-refractivity contribution in [2.75, 3.05) is 47.5 Å². The van der Waals surface area contributed by atoms with Crippen LogP contribution < -0.4 is 4.89 Å². The third-order valence-corrected chi connectivity index (χ3v) is 12.3. The highest BCUT2D eigenvalue weighted by atomic mass is 31.2. The Balaban J connectivity index is 2.21. The van der Waals surface area contributed by atoms with Gasteiger partial charge in [-0.15, -0.1) is 0 Å². The van der Waals surface area contributed by atoms with Crippen LogP contribution in [0.25, 0.3) is 0 Å². The maximum atomic E-state index is 12.7.